The predicted molar refractivity (Wildman–Crippen MR) is 179 cm³/mol. The molecule has 2 aliphatic carbocycles. The van der Waals surface area contributed by atoms with E-state index in [1.165, 1.54) is 16.8 Å². The number of hydrogen-bond donors (Lipinski definition) is 2. The second kappa shape index (κ2) is 12.2. The van der Waals surface area contributed by atoms with Crippen molar-refractivity contribution in [2.24, 2.45) is 5.92 Å². The molecule has 1 aromatic carbocycles. The second-order valence-corrected chi connectivity index (χ2v) is 14.1. The SMILES string of the molecule is CC1CC2(CCN(C(=O)c3ncccc3O)C3CCC32)c2c1n(CC(=O)Nc1ccc(C(F)(F)F)cc1Cl)c1nc(C3=CCOCC3)nn1c2=O. The van der Waals surface area contributed by atoms with Crippen LogP contribution in [0.3, 0.4) is 0 Å². The van der Waals surface area contributed by atoms with E-state index < -0.39 is 23.1 Å². The fraction of sp³-hybridized carbons (Fsp3) is 0.429. The number of benzene rings is 1. The third kappa shape index (κ3) is 5.39. The number of alkyl halides is 3. The molecule has 8 rings (SSSR count). The molecule has 1 spiro atoms. The van der Waals surface area contributed by atoms with Gasteiger partial charge in [-0.1, -0.05) is 24.6 Å². The summed E-state index contributed by atoms with van der Waals surface area (Å²) >= 11 is 6.17. The van der Waals surface area contributed by atoms with Crippen molar-refractivity contribution in [1.82, 2.24) is 29.0 Å². The van der Waals surface area contributed by atoms with Gasteiger partial charge in [0.2, 0.25) is 11.7 Å². The maximum atomic E-state index is 14.6. The fourth-order valence-corrected chi connectivity index (χ4v) is 8.86. The van der Waals surface area contributed by atoms with Crippen LogP contribution in [0.1, 0.15) is 78.1 Å². The summed E-state index contributed by atoms with van der Waals surface area (Å²) in [4.78, 5) is 52.6. The third-order valence-corrected chi connectivity index (χ3v) is 11.3. The molecule has 2 aliphatic heterocycles. The number of halogens is 4. The standard InChI is InChI=1S/C35H33ClF3N7O5/c1-18-16-34(10-12-44(24-7-5-21(24)34)32(50)28-25(47)3-2-11-40-28)27-29(18)45(17-26(48)41-23-6-4-20(15-22(23)36)35(37,38)39)33-42-30(43-46(33)31(27)49)19-8-13-51-14-9-19/h2-4,6,8,11,15,18,21,24,47H,5,7,9-10,12-14,16-17H2,1H3,(H,41,48). The van der Waals surface area contributed by atoms with Gasteiger partial charge >= 0.3 is 6.18 Å². The predicted octanol–water partition coefficient (Wildman–Crippen LogP) is 5.18. The van der Waals surface area contributed by atoms with Crippen molar-refractivity contribution in [1.29, 1.82) is 0 Å². The zero-order valence-electron chi connectivity index (χ0n) is 27.4. The van der Waals surface area contributed by atoms with Crippen LogP contribution in [0.4, 0.5) is 18.9 Å². The Labute approximate surface area is 293 Å². The lowest BCUT2D eigenvalue weighted by Gasteiger charge is -2.57. The molecule has 3 aromatic heterocycles. The fourth-order valence-electron chi connectivity index (χ4n) is 8.63. The molecule has 51 heavy (non-hydrogen) atoms. The number of anilines is 1. The highest BCUT2D eigenvalue weighted by atomic mass is 35.5. The van der Waals surface area contributed by atoms with Crippen molar-refractivity contribution in [3.05, 3.63) is 86.3 Å². The number of nitrogens with one attached hydrogen (secondary N) is 1. The number of amides is 2. The third-order valence-electron chi connectivity index (χ3n) is 10.9. The van der Waals surface area contributed by atoms with E-state index in [0.29, 0.717) is 56.1 Å². The summed E-state index contributed by atoms with van der Waals surface area (Å²) in [7, 11) is 0. The molecule has 0 radical (unpaired) electrons. The molecule has 12 nitrogen and oxygen atoms in total. The summed E-state index contributed by atoms with van der Waals surface area (Å²) < 4.78 is 48.2. The highest BCUT2D eigenvalue weighted by Crippen LogP contribution is 2.59. The molecule has 4 aromatic rings. The Hall–Kier alpha value is -4.76. The number of aromatic hydroxyl groups is 1. The summed E-state index contributed by atoms with van der Waals surface area (Å²) in [5.74, 6) is -0.873. The smallest absolute Gasteiger partial charge is 0.416 e. The Balaban J connectivity index is 1.20. The topological polar surface area (TPSA) is 144 Å². The van der Waals surface area contributed by atoms with Gasteiger partial charge in [0.05, 0.1) is 29.5 Å². The lowest BCUT2D eigenvalue weighted by Crippen LogP contribution is -2.63. The van der Waals surface area contributed by atoms with E-state index in [0.717, 1.165) is 36.6 Å². The molecule has 266 valence electrons. The molecule has 4 unspecified atom stereocenters. The zero-order valence-corrected chi connectivity index (χ0v) is 28.2. The second-order valence-electron chi connectivity index (χ2n) is 13.7. The molecule has 5 heterocycles. The molecule has 2 fully saturated rings. The highest BCUT2D eigenvalue weighted by molar-refractivity contribution is 6.33. The first-order valence-electron chi connectivity index (χ1n) is 16.8. The van der Waals surface area contributed by atoms with Gasteiger partial charge in [-0.25, -0.2) is 4.98 Å². The number of piperidine rings is 1. The summed E-state index contributed by atoms with van der Waals surface area (Å²) in [5.41, 5.74) is 0.106. The van der Waals surface area contributed by atoms with Gasteiger partial charge in [0.25, 0.3) is 11.5 Å². The first-order chi connectivity index (χ1) is 24.4. The number of ether oxygens (including phenoxy) is 1. The van der Waals surface area contributed by atoms with Crippen LogP contribution in [0.25, 0.3) is 11.4 Å². The minimum atomic E-state index is -4.60. The van der Waals surface area contributed by atoms with Crippen LogP contribution in [0.2, 0.25) is 5.02 Å². The lowest BCUT2D eigenvalue weighted by molar-refractivity contribution is -0.137. The highest BCUT2D eigenvalue weighted by Gasteiger charge is 2.60. The van der Waals surface area contributed by atoms with Crippen LogP contribution in [0, 0.1) is 5.92 Å². The monoisotopic (exact) mass is 723 g/mol. The average molecular weight is 724 g/mol. The number of likely N-dealkylation sites (tertiary alicyclic amines) is 1. The number of fused-ring (bicyclic) bond motifs is 5. The van der Waals surface area contributed by atoms with Crippen LogP contribution >= 0.6 is 11.6 Å². The molecule has 16 heteroatoms. The Morgan fingerprint density at radius 3 is 2.73 bits per heavy atom. The van der Waals surface area contributed by atoms with Gasteiger partial charge < -0.3 is 24.6 Å². The Bertz CT molecular complexity index is 2200. The van der Waals surface area contributed by atoms with Crippen LogP contribution in [0.15, 0.2) is 47.4 Å². The van der Waals surface area contributed by atoms with Crippen LogP contribution < -0.4 is 10.9 Å². The van der Waals surface area contributed by atoms with E-state index in [1.807, 2.05) is 13.0 Å². The van der Waals surface area contributed by atoms with Gasteiger partial charge in [0.1, 0.15) is 12.3 Å². The molecule has 2 N–H and O–H groups in total. The number of nitrogens with zero attached hydrogens (tertiary/aromatic N) is 6. The summed E-state index contributed by atoms with van der Waals surface area (Å²) in [6.45, 7) is 2.85. The van der Waals surface area contributed by atoms with Gasteiger partial charge in [0.15, 0.2) is 11.5 Å². The van der Waals surface area contributed by atoms with E-state index in [9.17, 15) is 32.7 Å². The molecule has 1 saturated carbocycles. The Kier molecular flexibility index (Phi) is 7.98. The van der Waals surface area contributed by atoms with Crippen molar-refractivity contribution >= 4 is 40.5 Å². The molecule has 1 saturated heterocycles. The largest absolute Gasteiger partial charge is 0.505 e. The minimum absolute atomic E-state index is 0.00991. The molecule has 0 bridgehead atoms. The van der Waals surface area contributed by atoms with Crippen LogP contribution in [-0.4, -0.2) is 71.8 Å². The number of carbonyl (C=O) groups is 2. The van der Waals surface area contributed by atoms with Crippen molar-refractivity contribution in [2.45, 2.75) is 69.1 Å². The Morgan fingerprint density at radius 2 is 2.04 bits per heavy atom. The van der Waals surface area contributed by atoms with E-state index in [1.54, 1.807) is 15.5 Å². The first kappa shape index (κ1) is 33.4. The lowest BCUT2D eigenvalue weighted by atomic mass is 9.55. The molecule has 4 aliphatic rings. The van der Waals surface area contributed by atoms with Gasteiger partial charge in [-0.2, -0.15) is 22.7 Å². The van der Waals surface area contributed by atoms with Gasteiger partial charge in [0, 0.05) is 35.5 Å². The van der Waals surface area contributed by atoms with Crippen molar-refractivity contribution < 1.29 is 32.6 Å². The van der Waals surface area contributed by atoms with Crippen molar-refractivity contribution in [2.75, 3.05) is 25.1 Å². The van der Waals surface area contributed by atoms with Crippen LogP contribution in [0.5, 0.6) is 5.75 Å². The van der Waals surface area contributed by atoms with E-state index in [2.05, 4.69) is 15.4 Å². The van der Waals surface area contributed by atoms with Crippen molar-refractivity contribution in [3.63, 3.8) is 0 Å². The van der Waals surface area contributed by atoms with Gasteiger partial charge in [-0.15, -0.1) is 5.10 Å². The first-order valence-corrected chi connectivity index (χ1v) is 17.2. The maximum absolute atomic E-state index is 14.6. The maximum Gasteiger partial charge on any atom is 0.416 e. The molecule has 4 atom stereocenters. The minimum Gasteiger partial charge on any atom is -0.505 e. The number of pyridine rings is 1. The molecule has 2 amide bonds. The van der Waals surface area contributed by atoms with E-state index >= 15 is 0 Å². The van der Waals surface area contributed by atoms with Gasteiger partial charge in [-0.05, 0) is 79.8 Å². The van der Waals surface area contributed by atoms with Gasteiger partial charge in [-0.3, -0.25) is 14.4 Å². The number of rotatable bonds is 5. The summed E-state index contributed by atoms with van der Waals surface area (Å²) in [5, 5.41) is 17.4. The van der Waals surface area contributed by atoms with Crippen LogP contribution in [-0.2, 0) is 27.7 Å². The normalized spacial score (nSPS) is 24.2. The summed E-state index contributed by atoms with van der Waals surface area (Å²) in [6.07, 6.45) is 1.83. The number of aromatic nitrogens is 5. The van der Waals surface area contributed by atoms with E-state index in [-0.39, 0.29) is 63.8 Å². The molecular formula is C35H33ClF3N7O5. The molecular weight excluding hydrogens is 691 g/mol. The zero-order chi connectivity index (χ0) is 35.8. The Morgan fingerprint density at radius 1 is 1.22 bits per heavy atom. The number of carbonyl (C=O) groups excluding carboxylic acids is 2. The quantitative estimate of drug-likeness (QED) is 0.287. The van der Waals surface area contributed by atoms with E-state index in [4.69, 9.17) is 21.3 Å². The average Bonchev–Trinajstić information content (AvgIpc) is 3.65. The number of hydrogen-bond acceptors (Lipinski definition) is 8. The van der Waals surface area contributed by atoms with Crippen molar-refractivity contribution in [3.8, 4) is 5.75 Å². The summed E-state index contributed by atoms with van der Waals surface area (Å²) in [6, 6.07) is 5.51.